The van der Waals surface area contributed by atoms with E-state index < -0.39 is 0 Å². The molecule has 1 rings (SSSR count). The summed E-state index contributed by atoms with van der Waals surface area (Å²) in [6, 6.07) is 7.50. The number of benzene rings is 1. The van der Waals surface area contributed by atoms with Crippen LogP contribution in [0.4, 0.5) is 0 Å². The van der Waals surface area contributed by atoms with Crippen LogP contribution < -0.4 is 10.1 Å². The van der Waals surface area contributed by atoms with Gasteiger partial charge in [0.2, 0.25) is 5.91 Å². The summed E-state index contributed by atoms with van der Waals surface area (Å²) in [5, 5.41) is 11.9. The van der Waals surface area contributed by atoms with Gasteiger partial charge >= 0.3 is 0 Å². The lowest BCUT2D eigenvalue weighted by Gasteiger charge is -2.18. The molecule has 110 valence electrons. The SMILES string of the molecule is CCOc1ccccc1/C=C/C(=O)NC(C)C(C)CO. The van der Waals surface area contributed by atoms with Crippen molar-refractivity contribution in [3.63, 3.8) is 0 Å². The molecule has 0 saturated carbocycles. The van der Waals surface area contributed by atoms with Crippen molar-refractivity contribution in [2.24, 2.45) is 5.92 Å². The Kier molecular flexibility index (Phi) is 6.81. The summed E-state index contributed by atoms with van der Waals surface area (Å²) in [6.07, 6.45) is 3.22. The lowest BCUT2D eigenvalue weighted by atomic mass is 10.1. The van der Waals surface area contributed by atoms with Crippen molar-refractivity contribution < 1.29 is 14.6 Å². The molecule has 0 bridgehead atoms. The molecule has 0 heterocycles. The highest BCUT2D eigenvalue weighted by Crippen LogP contribution is 2.19. The Balaban J connectivity index is 2.66. The van der Waals surface area contributed by atoms with Crippen LogP contribution >= 0.6 is 0 Å². The summed E-state index contributed by atoms with van der Waals surface area (Å²) < 4.78 is 5.49. The van der Waals surface area contributed by atoms with Crippen molar-refractivity contribution in [1.29, 1.82) is 0 Å². The molecule has 0 aliphatic rings. The van der Waals surface area contributed by atoms with Gasteiger partial charge in [-0.1, -0.05) is 25.1 Å². The highest BCUT2D eigenvalue weighted by molar-refractivity contribution is 5.92. The first-order chi connectivity index (χ1) is 9.58. The van der Waals surface area contributed by atoms with Gasteiger partial charge in [-0.3, -0.25) is 4.79 Å². The molecule has 1 amide bonds. The maximum atomic E-state index is 11.8. The second-order valence-electron chi connectivity index (χ2n) is 4.76. The van der Waals surface area contributed by atoms with Gasteiger partial charge in [0.1, 0.15) is 5.75 Å². The van der Waals surface area contributed by atoms with E-state index in [0.29, 0.717) is 6.61 Å². The van der Waals surface area contributed by atoms with Gasteiger partial charge < -0.3 is 15.2 Å². The number of nitrogens with one attached hydrogen (secondary N) is 1. The number of ether oxygens (including phenoxy) is 1. The van der Waals surface area contributed by atoms with Gasteiger partial charge in [-0.25, -0.2) is 0 Å². The number of aliphatic hydroxyl groups is 1. The predicted octanol–water partition coefficient (Wildman–Crippen LogP) is 2.23. The van der Waals surface area contributed by atoms with Crippen molar-refractivity contribution in [3.05, 3.63) is 35.9 Å². The van der Waals surface area contributed by atoms with Gasteiger partial charge in [-0.2, -0.15) is 0 Å². The third-order valence-electron chi connectivity index (χ3n) is 3.14. The average molecular weight is 277 g/mol. The van der Waals surface area contributed by atoms with Crippen LogP contribution in [0, 0.1) is 5.92 Å². The molecule has 4 heteroatoms. The summed E-state index contributed by atoms with van der Waals surface area (Å²) >= 11 is 0. The molecule has 1 aromatic rings. The number of carbonyl (C=O) groups is 1. The van der Waals surface area contributed by atoms with E-state index in [2.05, 4.69) is 5.32 Å². The fraction of sp³-hybridized carbons (Fsp3) is 0.438. The molecule has 1 aromatic carbocycles. The highest BCUT2D eigenvalue weighted by atomic mass is 16.5. The van der Waals surface area contributed by atoms with Crippen LogP contribution in [0.25, 0.3) is 6.08 Å². The Hall–Kier alpha value is -1.81. The zero-order valence-electron chi connectivity index (χ0n) is 12.3. The van der Waals surface area contributed by atoms with Crippen molar-refractivity contribution in [3.8, 4) is 5.75 Å². The molecule has 20 heavy (non-hydrogen) atoms. The van der Waals surface area contributed by atoms with Crippen LogP contribution in [0.15, 0.2) is 30.3 Å². The quantitative estimate of drug-likeness (QED) is 0.751. The smallest absolute Gasteiger partial charge is 0.244 e. The minimum absolute atomic E-state index is 0.0306. The lowest BCUT2D eigenvalue weighted by molar-refractivity contribution is -0.117. The molecule has 2 unspecified atom stereocenters. The topological polar surface area (TPSA) is 58.6 Å². The van der Waals surface area contributed by atoms with Crippen LogP contribution in [0.2, 0.25) is 0 Å². The molecule has 0 aliphatic carbocycles. The van der Waals surface area contributed by atoms with E-state index in [4.69, 9.17) is 9.84 Å². The normalized spacial score (nSPS) is 14.0. The first-order valence-corrected chi connectivity index (χ1v) is 6.89. The highest BCUT2D eigenvalue weighted by Gasteiger charge is 2.12. The van der Waals surface area contributed by atoms with Crippen LogP contribution in [0.1, 0.15) is 26.3 Å². The van der Waals surface area contributed by atoms with Gasteiger partial charge in [0, 0.05) is 24.3 Å². The van der Waals surface area contributed by atoms with Crippen molar-refractivity contribution in [2.75, 3.05) is 13.2 Å². The number of hydrogen-bond donors (Lipinski definition) is 2. The van der Waals surface area contributed by atoms with E-state index in [0.717, 1.165) is 11.3 Å². The fourth-order valence-electron chi connectivity index (χ4n) is 1.64. The van der Waals surface area contributed by atoms with Crippen molar-refractivity contribution in [1.82, 2.24) is 5.32 Å². The molecule has 4 nitrogen and oxygen atoms in total. The number of carbonyl (C=O) groups excluding carboxylic acids is 1. The molecule has 0 radical (unpaired) electrons. The van der Waals surface area contributed by atoms with Crippen molar-refractivity contribution in [2.45, 2.75) is 26.8 Å². The Morgan fingerprint density at radius 1 is 1.40 bits per heavy atom. The minimum atomic E-state index is -0.177. The van der Waals surface area contributed by atoms with E-state index in [-0.39, 0.29) is 24.5 Å². The number of aliphatic hydroxyl groups excluding tert-OH is 1. The second kappa shape index (κ2) is 8.38. The molecule has 0 fully saturated rings. The maximum Gasteiger partial charge on any atom is 0.244 e. The van der Waals surface area contributed by atoms with Gasteiger partial charge in [0.15, 0.2) is 0 Å². The third kappa shape index (κ3) is 5.05. The monoisotopic (exact) mass is 277 g/mol. The number of hydrogen-bond acceptors (Lipinski definition) is 3. The Morgan fingerprint density at radius 3 is 2.75 bits per heavy atom. The summed E-state index contributed by atoms with van der Waals surface area (Å²) in [7, 11) is 0. The largest absolute Gasteiger partial charge is 0.493 e. The Bertz CT molecular complexity index is 457. The maximum absolute atomic E-state index is 11.8. The second-order valence-corrected chi connectivity index (χ2v) is 4.76. The number of rotatable bonds is 7. The van der Waals surface area contributed by atoms with Crippen LogP contribution in [0.5, 0.6) is 5.75 Å². The number of para-hydroxylation sites is 1. The molecule has 0 aliphatic heterocycles. The summed E-state index contributed by atoms with van der Waals surface area (Å²) in [5.74, 6) is 0.614. The molecular weight excluding hydrogens is 254 g/mol. The molecule has 0 spiro atoms. The van der Waals surface area contributed by atoms with Gasteiger partial charge in [0.25, 0.3) is 0 Å². The zero-order valence-corrected chi connectivity index (χ0v) is 12.3. The predicted molar refractivity (Wildman–Crippen MR) is 80.5 cm³/mol. The third-order valence-corrected chi connectivity index (χ3v) is 3.14. The van der Waals surface area contributed by atoms with Crippen LogP contribution in [0.3, 0.4) is 0 Å². The summed E-state index contributed by atoms with van der Waals surface area (Å²) in [5.41, 5.74) is 0.868. The van der Waals surface area contributed by atoms with Gasteiger partial charge in [0.05, 0.1) is 6.61 Å². The summed E-state index contributed by atoms with van der Waals surface area (Å²) in [6.45, 7) is 6.32. The van der Waals surface area contributed by atoms with Crippen molar-refractivity contribution >= 4 is 12.0 Å². The van der Waals surface area contributed by atoms with E-state index in [9.17, 15) is 4.79 Å². The first-order valence-electron chi connectivity index (χ1n) is 6.89. The standard InChI is InChI=1S/C16H23NO3/c1-4-20-15-8-6-5-7-14(15)9-10-16(19)17-13(3)12(2)11-18/h5-10,12-13,18H,4,11H2,1-3H3,(H,17,19)/b10-9+. The van der Waals surface area contributed by atoms with Crippen LogP contribution in [-0.4, -0.2) is 30.3 Å². The molecule has 2 N–H and O–H groups in total. The van der Waals surface area contributed by atoms with Gasteiger partial charge in [-0.15, -0.1) is 0 Å². The minimum Gasteiger partial charge on any atom is -0.493 e. The zero-order chi connectivity index (χ0) is 15.0. The lowest BCUT2D eigenvalue weighted by Crippen LogP contribution is -2.37. The van der Waals surface area contributed by atoms with E-state index in [1.165, 1.54) is 6.08 Å². The van der Waals surface area contributed by atoms with Crippen LogP contribution in [-0.2, 0) is 4.79 Å². The first kappa shape index (κ1) is 16.2. The van der Waals surface area contributed by atoms with E-state index in [1.54, 1.807) is 6.08 Å². The molecular formula is C16H23NO3. The van der Waals surface area contributed by atoms with Gasteiger partial charge in [-0.05, 0) is 31.9 Å². The fourth-order valence-corrected chi connectivity index (χ4v) is 1.64. The molecule has 0 aromatic heterocycles. The average Bonchev–Trinajstić information content (AvgIpc) is 2.45. The molecule has 2 atom stereocenters. The molecule has 0 saturated heterocycles. The van der Waals surface area contributed by atoms with E-state index in [1.807, 2.05) is 45.0 Å². The summed E-state index contributed by atoms with van der Waals surface area (Å²) in [4.78, 5) is 11.8. The number of amides is 1. The Labute approximate surface area is 120 Å². The Morgan fingerprint density at radius 2 is 2.10 bits per heavy atom. The van der Waals surface area contributed by atoms with E-state index >= 15 is 0 Å².